The number of cyclic esters (lactones) is 1. The molecule has 0 amide bonds. The number of likely N-dealkylation sites (N-methyl/N-ethyl adjacent to an activating group) is 1. The van der Waals surface area contributed by atoms with Crippen LogP contribution in [0.3, 0.4) is 0 Å². The molecule has 18 nitrogen and oxygen atoms in total. The van der Waals surface area contributed by atoms with Crippen LogP contribution in [-0.4, -0.2) is 208 Å². The van der Waals surface area contributed by atoms with E-state index < -0.39 is 96.0 Å². The fraction of sp³-hybridized carbons (Fsp3) is 0.935. The van der Waals surface area contributed by atoms with Gasteiger partial charge in [0.25, 0.3) is 6.47 Å². The number of ether oxygens (including phenoxy) is 6. The van der Waals surface area contributed by atoms with Gasteiger partial charge in [0.1, 0.15) is 30.0 Å². The number of carbonyl (C=O) groups is 2. The average Bonchev–Trinajstić information content (AvgIpc) is 3.24. The summed E-state index contributed by atoms with van der Waals surface area (Å²) in [6.45, 7) is 19.8. The molecule has 0 aromatic heterocycles. The van der Waals surface area contributed by atoms with Crippen molar-refractivity contribution in [2.75, 3.05) is 59.4 Å². The molecular weight excluding hydrogens is 897 g/mol. The first-order chi connectivity index (χ1) is 30.8. The van der Waals surface area contributed by atoms with Crippen molar-refractivity contribution in [1.29, 1.82) is 0 Å². The molecule has 20 heteroatoms. The summed E-state index contributed by atoms with van der Waals surface area (Å²) in [5.41, 5.74) is -4.52. The first kappa shape index (κ1) is 60.6. The Hall–Kier alpha value is -1.50. The van der Waals surface area contributed by atoms with Crippen molar-refractivity contribution in [3.63, 3.8) is 0 Å². The van der Waals surface area contributed by atoms with Gasteiger partial charge in [-0.25, -0.2) is 0 Å². The van der Waals surface area contributed by atoms with E-state index in [4.69, 9.17) is 50.5 Å². The normalized spacial score (nSPS) is 41.1. The van der Waals surface area contributed by atoms with E-state index in [2.05, 4.69) is 21.8 Å². The third-order valence-corrected chi connectivity index (χ3v) is 14.7. The number of carboxylic acid groups (broad SMARTS) is 1. The average molecular weight is 985 g/mol. The number of esters is 1. The van der Waals surface area contributed by atoms with E-state index in [1.165, 1.54) is 14.0 Å². The zero-order chi connectivity index (χ0) is 50.3. The van der Waals surface area contributed by atoms with Crippen LogP contribution in [0.2, 0.25) is 0 Å². The van der Waals surface area contributed by atoms with Gasteiger partial charge in [-0.15, -0.1) is 0 Å². The van der Waals surface area contributed by atoms with Gasteiger partial charge in [0, 0.05) is 57.7 Å². The summed E-state index contributed by atoms with van der Waals surface area (Å²) in [4.78, 5) is 26.9. The molecule has 0 bridgehead atoms. The number of methoxy groups -OCH3 is 1. The standard InChI is InChI=1S/C45H86N4O12S2.CH2O2/c1-15-33-45(10,55)37(51)30(6)49(20-16-18-46-42(62)47-19-17-21-63-14)25-26(2)23-43(8,54)39(61-41-35(50)32(48(11)12)22-27(3)57-41)28(4)36(29(5)40(53)59-33)60-34-24-44(9,56-13)38(52)31(7)58-34;2-1-3/h26-39,41,50-52,54-55H,15-25H2,1-14H3,(H2,46,47,62);1H,(H,2,3)/t26-,27-,28+,29-,30-,31+,32+,33-,34+,35-,36+,37-,38+,39-,41+,43-,44-,45-;/m1./s1. The van der Waals surface area contributed by atoms with E-state index in [-0.39, 0.29) is 43.8 Å². The Morgan fingerprint density at radius 1 is 0.985 bits per heavy atom. The van der Waals surface area contributed by atoms with Crippen LogP contribution in [0.1, 0.15) is 108 Å². The van der Waals surface area contributed by atoms with Gasteiger partial charge in [-0.2, -0.15) is 11.8 Å². The fourth-order valence-electron chi connectivity index (χ4n) is 9.86. The molecule has 3 aliphatic heterocycles. The van der Waals surface area contributed by atoms with Gasteiger partial charge in [0.15, 0.2) is 17.7 Å². The van der Waals surface area contributed by atoms with Gasteiger partial charge in [0.05, 0.1) is 41.5 Å². The third-order valence-electron chi connectivity index (χ3n) is 13.8. The maximum atomic E-state index is 14.5. The molecule has 0 aromatic rings. The summed E-state index contributed by atoms with van der Waals surface area (Å²) < 4.78 is 38.1. The first-order valence-corrected chi connectivity index (χ1v) is 25.4. The zero-order valence-corrected chi connectivity index (χ0v) is 43.8. The van der Waals surface area contributed by atoms with Crippen LogP contribution in [-0.2, 0) is 38.0 Å². The maximum Gasteiger partial charge on any atom is 0.311 e. The van der Waals surface area contributed by atoms with E-state index in [1.807, 2.05) is 46.7 Å². The molecule has 0 aliphatic carbocycles. The number of hydrogen-bond donors (Lipinski definition) is 8. The van der Waals surface area contributed by atoms with Gasteiger partial charge in [-0.05, 0) is 125 Å². The fourth-order valence-corrected chi connectivity index (χ4v) is 10.5. The van der Waals surface area contributed by atoms with E-state index in [9.17, 15) is 30.3 Å². The Bertz CT molecular complexity index is 1460. The predicted octanol–water partition coefficient (Wildman–Crippen LogP) is 2.58. The highest BCUT2D eigenvalue weighted by Gasteiger charge is 2.53. The van der Waals surface area contributed by atoms with Crippen molar-refractivity contribution in [3.8, 4) is 0 Å². The summed E-state index contributed by atoms with van der Waals surface area (Å²) in [5, 5.41) is 73.7. The molecule has 0 spiro atoms. The Labute approximate surface area is 404 Å². The van der Waals surface area contributed by atoms with Gasteiger partial charge in [0.2, 0.25) is 0 Å². The molecule has 388 valence electrons. The Morgan fingerprint density at radius 3 is 2.15 bits per heavy atom. The molecule has 3 heterocycles. The number of thiocarbonyl (C=S) groups is 1. The number of aliphatic hydroxyl groups excluding tert-OH is 3. The summed E-state index contributed by atoms with van der Waals surface area (Å²) in [6.07, 6.45) is -4.87. The molecule has 0 radical (unpaired) electrons. The number of thioether (sulfide) groups is 1. The number of nitrogens with one attached hydrogen (secondary N) is 2. The van der Waals surface area contributed by atoms with E-state index in [1.54, 1.807) is 46.4 Å². The summed E-state index contributed by atoms with van der Waals surface area (Å²) in [6, 6.07) is -0.899. The number of aliphatic hydroxyl groups is 5. The minimum atomic E-state index is -1.86. The lowest BCUT2D eigenvalue weighted by Crippen LogP contribution is -2.60. The third kappa shape index (κ3) is 16.8. The second-order valence-electron chi connectivity index (χ2n) is 19.7. The summed E-state index contributed by atoms with van der Waals surface area (Å²) >= 11 is 7.29. The molecule has 0 unspecified atom stereocenters. The monoisotopic (exact) mass is 985 g/mol. The lowest BCUT2D eigenvalue weighted by molar-refractivity contribution is -0.318. The Kier molecular flexibility index (Phi) is 25.5. The highest BCUT2D eigenvalue weighted by atomic mass is 32.2. The topological polar surface area (TPSA) is 241 Å². The lowest BCUT2D eigenvalue weighted by Gasteiger charge is -2.48. The van der Waals surface area contributed by atoms with Crippen LogP contribution in [0.5, 0.6) is 0 Å². The maximum absolute atomic E-state index is 14.5. The lowest BCUT2D eigenvalue weighted by atomic mass is 9.77. The molecule has 18 atom stereocenters. The molecule has 3 aliphatic rings. The van der Waals surface area contributed by atoms with Gasteiger partial charge in [-0.1, -0.05) is 20.8 Å². The summed E-state index contributed by atoms with van der Waals surface area (Å²) in [5.74, 6) is -1.68. The molecule has 3 fully saturated rings. The van der Waals surface area contributed by atoms with Crippen molar-refractivity contribution in [1.82, 2.24) is 20.4 Å². The predicted molar refractivity (Wildman–Crippen MR) is 258 cm³/mol. The number of rotatable bonds is 15. The van der Waals surface area contributed by atoms with Crippen molar-refractivity contribution >= 4 is 41.5 Å². The molecule has 8 N–H and O–H groups in total. The first-order valence-electron chi connectivity index (χ1n) is 23.6. The molecule has 0 saturated carbocycles. The number of nitrogens with zero attached hydrogens (tertiary/aromatic N) is 2. The molecule has 66 heavy (non-hydrogen) atoms. The molecule has 3 saturated heterocycles. The van der Waals surface area contributed by atoms with Gasteiger partial charge in [-0.3, -0.25) is 14.5 Å². The largest absolute Gasteiger partial charge is 0.483 e. The van der Waals surface area contributed by atoms with E-state index >= 15 is 0 Å². The van der Waals surface area contributed by atoms with Gasteiger partial charge >= 0.3 is 5.97 Å². The van der Waals surface area contributed by atoms with E-state index in [0.717, 1.165) is 18.7 Å². The van der Waals surface area contributed by atoms with Crippen molar-refractivity contribution in [2.45, 2.75) is 198 Å². The van der Waals surface area contributed by atoms with Crippen LogP contribution >= 0.6 is 24.0 Å². The minimum absolute atomic E-state index is 0.119. The number of hydrogen-bond acceptors (Lipinski definition) is 17. The van der Waals surface area contributed by atoms with Gasteiger partial charge < -0.3 is 74.6 Å². The SMILES string of the molecule is CC[C@H]1OC(=O)[C@H](C)[C@@H](O[C@H]2C[C@@](C)(OC)[C@@H](O)[C@H](C)O2)[C@H](C)[C@@H](O[C@@H]2O[C@H](C)C[C@H](N(C)C)[C@H]2O)[C@](C)(O)C[C@@H](C)CN(CCCNC(=S)NCCCSC)[C@H](C)[C@@H](O)[C@]1(C)O.O=CO. The molecular formula is C46H88N4O14S2. The van der Waals surface area contributed by atoms with Crippen molar-refractivity contribution in [3.05, 3.63) is 0 Å². The minimum Gasteiger partial charge on any atom is -0.483 e. The highest BCUT2D eigenvalue weighted by Crippen LogP contribution is 2.40. The van der Waals surface area contributed by atoms with Crippen LogP contribution < -0.4 is 10.6 Å². The van der Waals surface area contributed by atoms with Crippen LogP contribution in [0, 0.1) is 17.8 Å². The smallest absolute Gasteiger partial charge is 0.311 e. The van der Waals surface area contributed by atoms with Crippen LogP contribution in [0.15, 0.2) is 0 Å². The van der Waals surface area contributed by atoms with E-state index in [0.29, 0.717) is 37.6 Å². The quantitative estimate of drug-likeness (QED) is 0.0509. The second-order valence-corrected chi connectivity index (χ2v) is 21.1. The van der Waals surface area contributed by atoms with Crippen molar-refractivity contribution < 1.29 is 68.6 Å². The molecule has 3 rings (SSSR count). The zero-order valence-electron chi connectivity index (χ0n) is 42.2. The Balaban J connectivity index is 0.00000485. The summed E-state index contributed by atoms with van der Waals surface area (Å²) in [7, 11) is 5.29. The number of carbonyl (C=O) groups excluding carboxylic acids is 1. The van der Waals surface area contributed by atoms with Crippen LogP contribution in [0.4, 0.5) is 0 Å². The highest BCUT2D eigenvalue weighted by molar-refractivity contribution is 7.98. The van der Waals surface area contributed by atoms with Crippen molar-refractivity contribution in [2.24, 2.45) is 17.8 Å². The van der Waals surface area contributed by atoms with Crippen LogP contribution in [0.25, 0.3) is 0 Å². The molecule has 0 aromatic carbocycles. The second kappa shape index (κ2) is 27.8. The Morgan fingerprint density at radius 2 is 1.59 bits per heavy atom.